The summed E-state index contributed by atoms with van der Waals surface area (Å²) in [7, 11) is 0. The molecule has 0 saturated carbocycles. The molecule has 1 saturated heterocycles. The molecule has 1 fully saturated rings. The topological polar surface area (TPSA) is 15.3 Å². The van der Waals surface area contributed by atoms with Crippen molar-refractivity contribution in [3.63, 3.8) is 0 Å². The van der Waals surface area contributed by atoms with Crippen LogP contribution >= 0.6 is 15.9 Å². The Balaban J connectivity index is 2.24. The molecule has 112 valence electrons. The third-order valence-corrected chi connectivity index (χ3v) is 4.70. The summed E-state index contributed by atoms with van der Waals surface area (Å²) in [5, 5.41) is 3.51. The highest BCUT2D eigenvalue weighted by Gasteiger charge is 2.24. The number of hydrogen-bond acceptors (Lipinski definition) is 2. The molecule has 1 aliphatic rings. The number of nitrogens with zero attached hydrogens (tertiary/aromatic N) is 1. The molecule has 5 heteroatoms. The molecule has 0 spiro atoms. The van der Waals surface area contributed by atoms with Gasteiger partial charge in [0.15, 0.2) is 0 Å². The Morgan fingerprint density at radius 2 is 2.15 bits per heavy atom. The van der Waals surface area contributed by atoms with Crippen LogP contribution in [0.5, 0.6) is 0 Å². The Morgan fingerprint density at radius 3 is 2.85 bits per heavy atom. The summed E-state index contributed by atoms with van der Waals surface area (Å²) < 4.78 is 28.0. The zero-order chi connectivity index (χ0) is 14.7. The second kappa shape index (κ2) is 6.85. The Bertz CT molecular complexity index is 467. The van der Waals surface area contributed by atoms with Gasteiger partial charge in [0, 0.05) is 25.2 Å². The van der Waals surface area contributed by atoms with Crippen LogP contribution in [0, 0.1) is 17.6 Å². The highest BCUT2D eigenvalue weighted by atomic mass is 79.9. The summed E-state index contributed by atoms with van der Waals surface area (Å²) in [6.45, 7) is 6.73. The van der Waals surface area contributed by atoms with Gasteiger partial charge in [0.05, 0.1) is 10.2 Å². The summed E-state index contributed by atoms with van der Waals surface area (Å²) in [4.78, 5) is 1.96. The lowest BCUT2D eigenvalue weighted by Gasteiger charge is -2.29. The van der Waals surface area contributed by atoms with Gasteiger partial charge >= 0.3 is 0 Å². The maximum absolute atomic E-state index is 14.1. The molecular formula is C15H21BrF2N2. The van der Waals surface area contributed by atoms with E-state index < -0.39 is 5.82 Å². The van der Waals surface area contributed by atoms with Crippen molar-refractivity contribution in [3.05, 3.63) is 28.2 Å². The molecule has 2 unspecified atom stereocenters. The maximum atomic E-state index is 14.1. The lowest BCUT2D eigenvalue weighted by atomic mass is 9.99. The van der Waals surface area contributed by atoms with E-state index in [1.807, 2.05) is 4.90 Å². The van der Waals surface area contributed by atoms with E-state index in [4.69, 9.17) is 0 Å². The van der Waals surface area contributed by atoms with E-state index in [0.717, 1.165) is 25.9 Å². The van der Waals surface area contributed by atoms with Crippen molar-refractivity contribution in [2.45, 2.75) is 32.7 Å². The first-order valence-corrected chi connectivity index (χ1v) is 7.95. The van der Waals surface area contributed by atoms with E-state index in [9.17, 15) is 8.78 Å². The minimum absolute atomic E-state index is 0.171. The summed E-state index contributed by atoms with van der Waals surface area (Å²) in [5.41, 5.74) is 0.364. The van der Waals surface area contributed by atoms with Crippen molar-refractivity contribution in [3.8, 4) is 0 Å². The molecule has 2 atom stereocenters. The van der Waals surface area contributed by atoms with Crippen molar-refractivity contribution in [1.29, 1.82) is 0 Å². The molecule has 2 nitrogen and oxygen atoms in total. The van der Waals surface area contributed by atoms with Crippen molar-refractivity contribution in [1.82, 2.24) is 5.32 Å². The third kappa shape index (κ3) is 3.50. The van der Waals surface area contributed by atoms with E-state index in [2.05, 4.69) is 35.1 Å². The Kier molecular flexibility index (Phi) is 5.38. The summed E-state index contributed by atoms with van der Waals surface area (Å²) in [5.74, 6) is -0.277. The van der Waals surface area contributed by atoms with Crippen LogP contribution in [-0.4, -0.2) is 25.7 Å². The Morgan fingerprint density at radius 1 is 1.40 bits per heavy atom. The second-order valence-electron chi connectivity index (χ2n) is 5.46. The first-order chi connectivity index (χ1) is 9.52. The molecule has 1 aromatic rings. The van der Waals surface area contributed by atoms with Gasteiger partial charge in [0.2, 0.25) is 0 Å². The van der Waals surface area contributed by atoms with Crippen LogP contribution in [0.2, 0.25) is 0 Å². The maximum Gasteiger partial charge on any atom is 0.147 e. The predicted molar refractivity (Wildman–Crippen MR) is 82.1 cm³/mol. The molecule has 0 bridgehead atoms. The normalized spacial score (nSPS) is 21.6. The SMILES string of the molecule is CCC(C)C1CN(c2cc(F)c(Br)cc2F)CCCN1. The Labute approximate surface area is 127 Å². The summed E-state index contributed by atoms with van der Waals surface area (Å²) >= 11 is 3.02. The molecule has 1 N–H and O–H groups in total. The molecule has 1 aliphatic heterocycles. The van der Waals surface area contributed by atoms with Gasteiger partial charge < -0.3 is 10.2 Å². The van der Waals surface area contributed by atoms with Crippen LogP contribution in [0.4, 0.5) is 14.5 Å². The molecule has 0 aromatic heterocycles. The number of nitrogens with one attached hydrogen (secondary N) is 1. The van der Waals surface area contributed by atoms with E-state index >= 15 is 0 Å². The third-order valence-electron chi connectivity index (χ3n) is 4.09. The van der Waals surface area contributed by atoms with Crippen molar-refractivity contribution >= 4 is 21.6 Å². The molecular weight excluding hydrogens is 326 g/mol. The van der Waals surface area contributed by atoms with E-state index in [0.29, 0.717) is 24.2 Å². The lowest BCUT2D eigenvalue weighted by molar-refractivity contribution is 0.383. The monoisotopic (exact) mass is 346 g/mol. The molecule has 1 heterocycles. The minimum atomic E-state index is -0.418. The van der Waals surface area contributed by atoms with E-state index in [1.54, 1.807) is 0 Å². The number of halogens is 3. The van der Waals surface area contributed by atoms with Gasteiger partial charge in [-0.3, -0.25) is 0 Å². The van der Waals surface area contributed by atoms with Gasteiger partial charge in [0.1, 0.15) is 11.6 Å². The van der Waals surface area contributed by atoms with Crippen molar-refractivity contribution in [2.75, 3.05) is 24.5 Å². The molecule has 0 amide bonds. The van der Waals surface area contributed by atoms with Gasteiger partial charge in [-0.2, -0.15) is 0 Å². The minimum Gasteiger partial charge on any atom is -0.367 e. The molecule has 0 aliphatic carbocycles. The van der Waals surface area contributed by atoms with E-state index in [1.165, 1.54) is 12.1 Å². The van der Waals surface area contributed by atoms with Gasteiger partial charge in [-0.1, -0.05) is 20.3 Å². The van der Waals surface area contributed by atoms with Crippen molar-refractivity contribution in [2.24, 2.45) is 5.92 Å². The van der Waals surface area contributed by atoms with Crippen LogP contribution in [0.1, 0.15) is 26.7 Å². The van der Waals surface area contributed by atoms with E-state index in [-0.39, 0.29) is 10.3 Å². The number of anilines is 1. The van der Waals surface area contributed by atoms with Gasteiger partial charge in [-0.15, -0.1) is 0 Å². The van der Waals surface area contributed by atoms with Gasteiger partial charge in [0.25, 0.3) is 0 Å². The first-order valence-electron chi connectivity index (χ1n) is 7.15. The smallest absolute Gasteiger partial charge is 0.147 e. The lowest BCUT2D eigenvalue weighted by Crippen LogP contribution is -2.42. The van der Waals surface area contributed by atoms with Crippen molar-refractivity contribution < 1.29 is 8.78 Å². The zero-order valence-electron chi connectivity index (χ0n) is 11.9. The number of hydrogen-bond donors (Lipinski definition) is 1. The largest absolute Gasteiger partial charge is 0.367 e. The highest BCUT2D eigenvalue weighted by molar-refractivity contribution is 9.10. The first kappa shape index (κ1) is 15.7. The van der Waals surface area contributed by atoms with Crippen LogP contribution < -0.4 is 10.2 Å². The van der Waals surface area contributed by atoms with Crippen LogP contribution in [0.25, 0.3) is 0 Å². The van der Waals surface area contributed by atoms with Gasteiger partial charge in [-0.25, -0.2) is 8.78 Å². The molecule has 2 rings (SSSR count). The average Bonchev–Trinajstić information content (AvgIpc) is 2.68. The fraction of sp³-hybridized carbons (Fsp3) is 0.600. The zero-order valence-corrected chi connectivity index (χ0v) is 13.5. The van der Waals surface area contributed by atoms with Crippen LogP contribution in [0.3, 0.4) is 0 Å². The number of rotatable bonds is 3. The molecule has 20 heavy (non-hydrogen) atoms. The molecule has 0 radical (unpaired) electrons. The van der Waals surface area contributed by atoms with Crippen LogP contribution in [-0.2, 0) is 0 Å². The average molecular weight is 347 g/mol. The standard InChI is InChI=1S/C15H21BrF2N2/c1-3-10(2)14-9-20(6-4-5-19-14)15-8-12(17)11(16)7-13(15)18/h7-8,10,14,19H,3-6,9H2,1-2H3. The quantitative estimate of drug-likeness (QED) is 0.834. The molecule has 1 aromatic carbocycles. The highest BCUT2D eigenvalue weighted by Crippen LogP contribution is 2.28. The summed E-state index contributed by atoms with van der Waals surface area (Å²) in [6, 6.07) is 2.81. The Hall–Kier alpha value is -0.680. The van der Waals surface area contributed by atoms with Crippen LogP contribution in [0.15, 0.2) is 16.6 Å². The fourth-order valence-corrected chi connectivity index (χ4v) is 2.90. The second-order valence-corrected chi connectivity index (χ2v) is 6.32. The van der Waals surface area contributed by atoms with Gasteiger partial charge in [-0.05, 0) is 40.9 Å². The number of benzene rings is 1. The fourth-order valence-electron chi connectivity index (χ4n) is 2.59. The predicted octanol–water partition coefficient (Wildman–Crippen LogP) is 3.94. The summed E-state index contributed by atoms with van der Waals surface area (Å²) in [6.07, 6.45) is 2.01.